The molecule has 3 aromatic rings. The van der Waals surface area contributed by atoms with E-state index in [-0.39, 0.29) is 29.1 Å². The highest BCUT2D eigenvalue weighted by molar-refractivity contribution is 6.23. The number of nitro groups is 1. The molecule has 2 bridgehead atoms. The highest BCUT2D eigenvalue weighted by atomic mass is 16.6. The van der Waals surface area contributed by atoms with Crippen molar-refractivity contribution in [3.8, 4) is 0 Å². The molecule has 158 valence electrons. The van der Waals surface area contributed by atoms with Crippen molar-refractivity contribution in [3.63, 3.8) is 0 Å². The Bertz CT molecular complexity index is 1310. The average molecular weight is 424 g/mol. The number of imide groups is 1. The van der Waals surface area contributed by atoms with Crippen LogP contribution in [0.15, 0.2) is 66.7 Å². The smallest absolute Gasteiger partial charge is 0.274 e. The number of benzene rings is 3. The predicted molar refractivity (Wildman–Crippen MR) is 118 cm³/mol. The third kappa shape index (κ3) is 2.09. The van der Waals surface area contributed by atoms with Crippen LogP contribution in [0.4, 0.5) is 11.4 Å². The summed E-state index contributed by atoms with van der Waals surface area (Å²) in [5.41, 5.74) is 4.36. The molecule has 0 N–H and O–H groups in total. The van der Waals surface area contributed by atoms with E-state index in [2.05, 4.69) is 31.2 Å². The van der Waals surface area contributed by atoms with Crippen LogP contribution in [-0.2, 0) is 15.0 Å². The van der Waals surface area contributed by atoms with Gasteiger partial charge >= 0.3 is 0 Å². The van der Waals surface area contributed by atoms with Crippen LogP contribution in [0, 0.1) is 28.9 Å². The molecule has 2 unspecified atom stereocenters. The first kappa shape index (κ1) is 18.9. The first-order valence-corrected chi connectivity index (χ1v) is 10.7. The Morgan fingerprint density at radius 3 is 2.09 bits per heavy atom. The number of hydrogen-bond acceptors (Lipinski definition) is 4. The first-order valence-electron chi connectivity index (χ1n) is 10.7. The number of anilines is 1. The molecule has 0 spiro atoms. The van der Waals surface area contributed by atoms with Crippen molar-refractivity contribution in [3.05, 3.63) is 105 Å². The lowest BCUT2D eigenvalue weighted by molar-refractivity contribution is -0.385. The van der Waals surface area contributed by atoms with Gasteiger partial charge in [0.25, 0.3) is 5.69 Å². The Hall–Kier alpha value is -3.80. The van der Waals surface area contributed by atoms with Crippen LogP contribution in [0.1, 0.15) is 40.7 Å². The highest BCUT2D eigenvalue weighted by Gasteiger charge is 2.66. The molecule has 6 nitrogen and oxygen atoms in total. The topological polar surface area (TPSA) is 80.5 Å². The second-order valence-electron chi connectivity index (χ2n) is 9.10. The third-order valence-corrected chi connectivity index (χ3v) is 7.69. The molecular weight excluding hydrogens is 404 g/mol. The number of amides is 2. The average Bonchev–Trinajstić information content (AvgIpc) is 3.06. The minimum absolute atomic E-state index is 0.0984. The van der Waals surface area contributed by atoms with E-state index >= 15 is 0 Å². The molecule has 1 aliphatic heterocycles. The van der Waals surface area contributed by atoms with Crippen LogP contribution in [0.3, 0.4) is 0 Å². The Morgan fingerprint density at radius 1 is 0.906 bits per heavy atom. The van der Waals surface area contributed by atoms with Gasteiger partial charge in [0.15, 0.2) is 0 Å². The summed E-state index contributed by atoms with van der Waals surface area (Å²) in [4.78, 5) is 39.9. The first-order chi connectivity index (χ1) is 15.4. The zero-order valence-corrected chi connectivity index (χ0v) is 17.6. The predicted octanol–water partition coefficient (Wildman–Crippen LogP) is 4.47. The Kier molecular flexibility index (Phi) is 3.62. The van der Waals surface area contributed by atoms with Crippen LogP contribution in [0.2, 0.25) is 0 Å². The summed E-state index contributed by atoms with van der Waals surface area (Å²) in [6.45, 7) is 3.70. The summed E-state index contributed by atoms with van der Waals surface area (Å²) >= 11 is 0. The molecule has 7 rings (SSSR count). The number of rotatable bonds is 2. The Balaban J connectivity index is 1.58. The summed E-state index contributed by atoms with van der Waals surface area (Å²) < 4.78 is 0. The molecule has 0 radical (unpaired) electrons. The van der Waals surface area contributed by atoms with Gasteiger partial charge in [-0.1, -0.05) is 61.5 Å². The molecule has 0 saturated carbocycles. The molecule has 1 fully saturated rings. The normalized spacial score (nSPS) is 27.2. The number of nitro benzene ring substituents is 1. The molecule has 0 aromatic heterocycles. The van der Waals surface area contributed by atoms with E-state index in [1.165, 1.54) is 11.0 Å². The fraction of sp³-hybridized carbons (Fsp3) is 0.231. The Morgan fingerprint density at radius 2 is 1.50 bits per heavy atom. The Labute approximate surface area is 184 Å². The lowest BCUT2D eigenvalue weighted by atomic mass is 9.48. The van der Waals surface area contributed by atoms with E-state index in [0.29, 0.717) is 5.56 Å². The van der Waals surface area contributed by atoms with Crippen LogP contribution in [-0.4, -0.2) is 16.7 Å². The molecule has 1 heterocycles. The van der Waals surface area contributed by atoms with Gasteiger partial charge in [-0.25, -0.2) is 4.90 Å². The number of hydrogen-bond donors (Lipinski definition) is 0. The zero-order chi connectivity index (χ0) is 22.4. The van der Waals surface area contributed by atoms with Crippen molar-refractivity contribution in [2.75, 3.05) is 4.90 Å². The lowest BCUT2D eigenvalue weighted by Gasteiger charge is -2.52. The molecule has 4 aliphatic rings. The maximum Gasteiger partial charge on any atom is 0.274 e. The molecule has 2 amide bonds. The van der Waals surface area contributed by atoms with Gasteiger partial charge in [-0.05, 0) is 35.2 Å². The van der Waals surface area contributed by atoms with Gasteiger partial charge in [0.1, 0.15) is 0 Å². The molecule has 6 heteroatoms. The fourth-order valence-electron chi connectivity index (χ4n) is 6.34. The van der Waals surface area contributed by atoms with Crippen molar-refractivity contribution in [1.29, 1.82) is 0 Å². The minimum Gasteiger partial charge on any atom is -0.274 e. The van der Waals surface area contributed by atoms with Crippen molar-refractivity contribution < 1.29 is 14.5 Å². The van der Waals surface area contributed by atoms with Gasteiger partial charge in [0.05, 0.1) is 22.4 Å². The van der Waals surface area contributed by atoms with Gasteiger partial charge in [0, 0.05) is 23.0 Å². The van der Waals surface area contributed by atoms with E-state index in [1.807, 2.05) is 24.3 Å². The van der Waals surface area contributed by atoms with Crippen LogP contribution in [0.5, 0.6) is 0 Å². The molecular formula is C26H20N2O4. The molecule has 32 heavy (non-hydrogen) atoms. The second-order valence-corrected chi connectivity index (χ2v) is 9.10. The van der Waals surface area contributed by atoms with Crippen molar-refractivity contribution >= 4 is 23.2 Å². The van der Waals surface area contributed by atoms with Crippen molar-refractivity contribution in [2.45, 2.75) is 25.2 Å². The van der Waals surface area contributed by atoms with Crippen molar-refractivity contribution in [1.82, 2.24) is 0 Å². The van der Waals surface area contributed by atoms with Crippen LogP contribution < -0.4 is 4.90 Å². The van der Waals surface area contributed by atoms with E-state index in [9.17, 15) is 19.7 Å². The summed E-state index contributed by atoms with van der Waals surface area (Å²) in [7, 11) is 0. The van der Waals surface area contributed by atoms with Crippen molar-refractivity contribution in [2.24, 2.45) is 11.8 Å². The molecule has 3 aliphatic carbocycles. The molecule has 3 aromatic carbocycles. The fourth-order valence-corrected chi connectivity index (χ4v) is 6.34. The van der Waals surface area contributed by atoms with Gasteiger partial charge in [0.2, 0.25) is 11.8 Å². The minimum atomic E-state index is -0.648. The van der Waals surface area contributed by atoms with Gasteiger partial charge < -0.3 is 0 Å². The standard InChI is InChI=1S/C26H20N2O4/c1-14-11-12-15(13-20(14)28(31)32)27-24(29)22-21-16-7-3-5-9-18(16)26(2,23(22)25(27)30)19-10-6-4-8-17(19)21/h3-13,21-23H,1-2H3. The summed E-state index contributed by atoms with van der Waals surface area (Å²) in [5.74, 6) is -1.85. The van der Waals surface area contributed by atoms with Gasteiger partial charge in [-0.2, -0.15) is 0 Å². The summed E-state index contributed by atoms with van der Waals surface area (Å²) in [6.07, 6.45) is 0. The highest BCUT2D eigenvalue weighted by Crippen LogP contribution is 2.64. The third-order valence-electron chi connectivity index (χ3n) is 7.69. The largest absolute Gasteiger partial charge is 0.274 e. The number of carbonyl (C=O) groups is 2. The number of carbonyl (C=O) groups excluding carboxylic acids is 2. The van der Waals surface area contributed by atoms with E-state index < -0.39 is 22.2 Å². The molecule has 1 saturated heterocycles. The monoisotopic (exact) mass is 424 g/mol. The maximum atomic E-state index is 13.9. The quantitative estimate of drug-likeness (QED) is 0.345. The summed E-state index contributed by atoms with van der Waals surface area (Å²) in [5, 5.41) is 11.5. The second kappa shape index (κ2) is 6.13. The summed E-state index contributed by atoms with van der Waals surface area (Å²) in [6, 6.07) is 20.7. The van der Waals surface area contributed by atoms with Gasteiger partial charge in [-0.3, -0.25) is 19.7 Å². The van der Waals surface area contributed by atoms with Crippen LogP contribution >= 0.6 is 0 Å². The van der Waals surface area contributed by atoms with E-state index in [4.69, 9.17) is 0 Å². The maximum absolute atomic E-state index is 13.9. The zero-order valence-electron chi connectivity index (χ0n) is 17.6. The van der Waals surface area contributed by atoms with Crippen LogP contribution in [0.25, 0.3) is 0 Å². The van der Waals surface area contributed by atoms with E-state index in [1.54, 1.807) is 19.1 Å². The van der Waals surface area contributed by atoms with Gasteiger partial charge in [-0.15, -0.1) is 0 Å². The number of aryl methyl sites for hydroxylation is 1. The number of nitrogens with zero attached hydrogens (tertiary/aromatic N) is 2. The SMILES string of the molecule is Cc1ccc(N2C(=O)C3C4c5ccccc5C(C)(c5ccccc54)C3C2=O)cc1[N+](=O)[O-]. The molecule has 2 atom stereocenters. The lowest BCUT2D eigenvalue weighted by Crippen LogP contribution is -2.51. The van der Waals surface area contributed by atoms with E-state index in [0.717, 1.165) is 22.3 Å².